The van der Waals surface area contributed by atoms with Crippen molar-refractivity contribution in [3.05, 3.63) is 20.8 Å². The highest BCUT2D eigenvalue weighted by molar-refractivity contribution is 9.11. The van der Waals surface area contributed by atoms with E-state index in [4.69, 9.17) is 5.11 Å². The fourth-order valence-corrected chi connectivity index (χ4v) is 3.81. The van der Waals surface area contributed by atoms with Crippen LogP contribution in [-0.4, -0.2) is 29.8 Å². The molecule has 1 aliphatic rings. The molecule has 1 heterocycles. The van der Waals surface area contributed by atoms with Crippen molar-refractivity contribution in [1.82, 2.24) is 10.6 Å². The first-order chi connectivity index (χ1) is 9.13. The number of rotatable bonds is 6. The van der Waals surface area contributed by atoms with Gasteiger partial charge >= 0.3 is 6.03 Å². The van der Waals surface area contributed by atoms with Crippen molar-refractivity contribution >= 4 is 33.3 Å². The van der Waals surface area contributed by atoms with Gasteiger partial charge in [0.15, 0.2) is 0 Å². The Hall–Kier alpha value is -0.590. The van der Waals surface area contributed by atoms with Gasteiger partial charge in [0.05, 0.1) is 3.79 Å². The average molecular weight is 347 g/mol. The van der Waals surface area contributed by atoms with Crippen LogP contribution in [0, 0.1) is 0 Å². The molecule has 19 heavy (non-hydrogen) atoms. The third-order valence-electron chi connectivity index (χ3n) is 3.57. The Morgan fingerprint density at radius 1 is 1.47 bits per heavy atom. The molecule has 4 nitrogen and oxygen atoms in total. The molecule has 6 heteroatoms. The molecule has 1 aromatic rings. The van der Waals surface area contributed by atoms with Crippen molar-refractivity contribution in [3.63, 3.8) is 0 Å². The van der Waals surface area contributed by atoms with Crippen LogP contribution in [0.2, 0.25) is 0 Å². The molecule has 0 saturated heterocycles. The minimum Gasteiger partial charge on any atom is -0.396 e. The monoisotopic (exact) mass is 346 g/mol. The summed E-state index contributed by atoms with van der Waals surface area (Å²) in [7, 11) is 0. The number of carbonyl (C=O) groups excluding carboxylic acids is 1. The first-order valence-electron chi connectivity index (χ1n) is 6.55. The molecule has 0 bridgehead atoms. The Kier molecular flexibility index (Phi) is 5.24. The highest BCUT2D eigenvalue weighted by Crippen LogP contribution is 2.34. The molecular formula is C13H19BrN2O2S. The summed E-state index contributed by atoms with van der Waals surface area (Å²) in [5.74, 6) is 0. The van der Waals surface area contributed by atoms with E-state index in [1.807, 2.05) is 6.07 Å². The molecule has 0 aliphatic heterocycles. The maximum Gasteiger partial charge on any atom is 0.315 e. The van der Waals surface area contributed by atoms with E-state index in [2.05, 4.69) is 32.6 Å². The molecule has 1 saturated carbocycles. The topological polar surface area (TPSA) is 61.4 Å². The third-order valence-corrected chi connectivity index (χ3v) is 5.25. The largest absolute Gasteiger partial charge is 0.396 e. The quantitative estimate of drug-likeness (QED) is 0.741. The molecule has 106 valence electrons. The number of aliphatic hydroxyl groups excluding tert-OH is 1. The molecule has 2 rings (SSSR count). The van der Waals surface area contributed by atoms with Crippen LogP contribution in [0.15, 0.2) is 15.9 Å². The Morgan fingerprint density at radius 2 is 2.26 bits per heavy atom. The van der Waals surface area contributed by atoms with Crippen LogP contribution in [0.4, 0.5) is 4.79 Å². The number of thiophene rings is 1. The first-order valence-corrected chi connectivity index (χ1v) is 8.16. The molecule has 1 aliphatic carbocycles. The minimum absolute atomic E-state index is 0.122. The van der Waals surface area contributed by atoms with E-state index in [1.54, 1.807) is 11.3 Å². The number of nitrogens with one attached hydrogen (secondary N) is 2. The van der Waals surface area contributed by atoms with Crippen molar-refractivity contribution in [3.8, 4) is 0 Å². The summed E-state index contributed by atoms with van der Waals surface area (Å²) in [6.07, 6.45) is 4.57. The van der Waals surface area contributed by atoms with Gasteiger partial charge in [-0.1, -0.05) is 0 Å². The molecule has 2 amide bonds. The highest BCUT2D eigenvalue weighted by atomic mass is 79.9. The second-order valence-corrected chi connectivity index (χ2v) is 7.49. The normalized spacial score (nSPS) is 16.7. The van der Waals surface area contributed by atoms with E-state index in [0.29, 0.717) is 13.0 Å². The van der Waals surface area contributed by atoms with Gasteiger partial charge in [0.1, 0.15) is 0 Å². The van der Waals surface area contributed by atoms with E-state index in [-0.39, 0.29) is 18.2 Å². The zero-order valence-corrected chi connectivity index (χ0v) is 13.1. The molecule has 1 aromatic heterocycles. The van der Waals surface area contributed by atoms with Crippen LogP contribution in [0.5, 0.6) is 0 Å². The fraction of sp³-hybridized carbons (Fsp3) is 0.615. The Bertz CT molecular complexity index is 432. The molecular weight excluding hydrogens is 328 g/mol. The van der Waals surface area contributed by atoms with Gasteiger partial charge in [0, 0.05) is 23.6 Å². The van der Waals surface area contributed by atoms with Crippen LogP contribution >= 0.6 is 27.3 Å². The summed E-state index contributed by atoms with van der Waals surface area (Å²) in [5, 5.41) is 14.9. The summed E-state index contributed by atoms with van der Waals surface area (Å²) in [6, 6.07) is 3.96. The van der Waals surface area contributed by atoms with Gasteiger partial charge in [-0.25, -0.2) is 4.79 Å². The third kappa shape index (κ3) is 4.19. The molecule has 0 atom stereocenters. The maximum atomic E-state index is 11.8. The number of hydrogen-bond donors (Lipinski definition) is 3. The SMILES string of the molecule is O=C(NCCc1ccc(Br)s1)NC1(CCO)CCC1. The second kappa shape index (κ2) is 6.72. The van der Waals surface area contributed by atoms with Crippen LogP contribution in [-0.2, 0) is 6.42 Å². The zero-order valence-electron chi connectivity index (χ0n) is 10.7. The van der Waals surface area contributed by atoms with Crippen LogP contribution in [0.25, 0.3) is 0 Å². The average Bonchev–Trinajstić information content (AvgIpc) is 2.72. The molecule has 0 radical (unpaired) electrons. The van der Waals surface area contributed by atoms with Gasteiger partial charge in [-0.2, -0.15) is 0 Å². The molecule has 0 aromatic carbocycles. The molecule has 1 fully saturated rings. The summed E-state index contributed by atoms with van der Waals surface area (Å²) >= 11 is 5.11. The summed E-state index contributed by atoms with van der Waals surface area (Å²) in [6.45, 7) is 0.761. The lowest BCUT2D eigenvalue weighted by molar-refractivity contribution is 0.136. The predicted molar refractivity (Wildman–Crippen MR) is 80.5 cm³/mol. The summed E-state index contributed by atoms with van der Waals surface area (Å²) < 4.78 is 1.11. The first kappa shape index (κ1) is 14.8. The lowest BCUT2D eigenvalue weighted by Gasteiger charge is -2.42. The van der Waals surface area contributed by atoms with Crippen molar-refractivity contribution in [2.75, 3.05) is 13.2 Å². The van der Waals surface area contributed by atoms with Gasteiger partial charge in [-0.3, -0.25) is 0 Å². The van der Waals surface area contributed by atoms with Crippen LogP contribution in [0.1, 0.15) is 30.6 Å². The lowest BCUT2D eigenvalue weighted by Crippen LogP contribution is -2.56. The zero-order chi connectivity index (χ0) is 13.7. The number of hydrogen-bond acceptors (Lipinski definition) is 3. The van der Waals surface area contributed by atoms with Gasteiger partial charge in [0.2, 0.25) is 0 Å². The number of urea groups is 1. The van der Waals surface area contributed by atoms with E-state index in [1.165, 1.54) is 4.88 Å². The Labute approximate surface area is 125 Å². The van der Waals surface area contributed by atoms with Crippen molar-refractivity contribution in [2.45, 2.75) is 37.6 Å². The van der Waals surface area contributed by atoms with E-state index in [9.17, 15) is 4.79 Å². The van der Waals surface area contributed by atoms with Crippen molar-refractivity contribution in [2.24, 2.45) is 0 Å². The lowest BCUT2D eigenvalue weighted by atomic mass is 9.74. The maximum absolute atomic E-state index is 11.8. The predicted octanol–water partition coefficient (Wildman–Crippen LogP) is 2.66. The fourth-order valence-electron chi connectivity index (χ4n) is 2.33. The highest BCUT2D eigenvalue weighted by Gasteiger charge is 2.37. The smallest absolute Gasteiger partial charge is 0.315 e. The van der Waals surface area contributed by atoms with Crippen molar-refractivity contribution < 1.29 is 9.90 Å². The van der Waals surface area contributed by atoms with Gasteiger partial charge in [-0.05, 0) is 60.2 Å². The Balaban J connectivity index is 1.69. The van der Waals surface area contributed by atoms with Crippen LogP contribution in [0.3, 0.4) is 0 Å². The Morgan fingerprint density at radius 3 is 2.79 bits per heavy atom. The minimum atomic E-state index is -0.162. The standard InChI is InChI=1S/C13H19BrN2O2S/c14-11-3-2-10(19-11)4-8-15-12(18)16-13(7-9-17)5-1-6-13/h2-3,17H,1,4-9H2,(H2,15,16,18). The van der Waals surface area contributed by atoms with Gasteiger partial charge < -0.3 is 15.7 Å². The van der Waals surface area contributed by atoms with E-state index in [0.717, 1.165) is 29.5 Å². The van der Waals surface area contributed by atoms with Gasteiger partial charge in [-0.15, -0.1) is 11.3 Å². The number of aliphatic hydroxyl groups is 1. The van der Waals surface area contributed by atoms with Gasteiger partial charge in [0.25, 0.3) is 0 Å². The number of halogens is 1. The van der Waals surface area contributed by atoms with E-state index < -0.39 is 0 Å². The molecule has 0 spiro atoms. The number of carbonyl (C=O) groups is 1. The summed E-state index contributed by atoms with van der Waals surface area (Å²) in [4.78, 5) is 13.1. The van der Waals surface area contributed by atoms with Crippen molar-refractivity contribution in [1.29, 1.82) is 0 Å². The molecule has 0 unspecified atom stereocenters. The molecule has 3 N–H and O–H groups in total. The van der Waals surface area contributed by atoms with Crippen LogP contribution < -0.4 is 10.6 Å². The summed E-state index contributed by atoms with van der Waals surface area (Å²) in [5.41, 5.74) is -0.162. The second-order valence-electron chi connectivity index (χ2n) is 4.94. The number of amides is 2. The van der Waals surface area contributed by atoms with E-state index >= 15 is 0 Å².